The topological polar surface area (TPSA) is 61.4 Å². The van der Waals surface area contributed by atoms with E-state index in [1.165, 1.54) is 0 Å². The minimum Gasteiger partial charge on any atom is -0.374 e. The van der Waals surface area contributed by atoms with Crippen LogP contribution in [-0.4, -0.2) is 24.4 Å². The number of fused-ring (bicyclic) bond motifs is 1. The van der Waals surface area contributed by atoms with Crippen LogP contribution >= 0.6 is 0 Å². The van der Waals surface area contributed by atoms with Gasteiger partial charge < -0.3 is 15.5 Å². The smallest absolute Gasteiger partial charge is 0.246 e. The summed E-state index contributed by atoms with van der Waals surface area (Å²) >= 11 is 0. The molecule has 5 nitrogen and oxygen atoms in total. The molecule has 0 unspecified atom stereocenters. The lowest BCUT2D eigenvalue weighted by molar-refractivity contribution is -0.117. The molecule has 3 aromatic rings. The summed E-state index contributed by atoms with van der Waals surface area (Å²) in [6.45, 7) is 2.57. The molecule has 0 radical (unpaired) electrons. The zero-order valence-corrected chi connectivity index (χ0v) is 15.8. The highest BCUT2D eigenvalue weighted by Gasteiger charge is 2.22. The molecule has 1 aliphatic rings. The van der Waals surface area contributed by atoms with Gasteiger partial charge in [-0.3, -0.25) is 9.59 Å². The average Bonchev–Trinajstić information content (AvgIpc) is 3.14. The Morgan fingerprint density at radius 2 is 1.79 bits per heavy atom. The number of hydrogen-bond donors (Lipinski definition) is 2. The van der Waals surface area contributed by atoms with Gasteiger partial charge in [0.15, 0.2) is 0 Å². The van der Waals surface area contributed by atoms with Crippen molar-refractivity contribution >= 4 is 39.6 Å². The molecule has 2 N–H and O–H groups in total. The maximum atomic E-state index is 12.6. The molecule has 3 aromatic carbocycles. The van der Waals surface area contributed by atoms with Crippen LogP contribution in [0.4, 0.5) is 17.1 Å². The number of benzene rings is 3. The summed E-state index contributed by atoms with van der Waals surface area (Å²) in [5, 5.41) is 8.42. The molecule has 1 atom stereocenters. The summed E-state index contributed by atoms with van der Waals surface area (Å²) in [6, 6.07) is 21.2. The molecule has 2 amide bonds. The minimum atomic E-state index is -0.420. The number of nitrogens with one attached hydrogen (secondary N) is 2. The van der Waals surface area contributed by atoms with Gasteiger partial charge in [0, 0.05) is 30.0 Å². The van der Waals surface area contributed by atoms with Crippen molar-refractivity contribution in [3.8, 4) is 0 Å². The Balaban J connectivity index is 1.43. The summed E-state index contributed by atoms with van der Waals surface area (Å²) in [5.74, 6) is 0.0391. The van der Waals surface area contributed by atoms with E-state index in [4.69, 9.17) is 0 Å². The van der Waals surface area contributed by atoms with E-state index >= 15 is 0 Å². The van der Waals surface area contributed by atoms with Crippen LogP contribution in [0.25, 0.3) is 10.8 Å². The normalized spacial score (nSPS) is 14.9. The molecular formula is C23H23N3O2. The Bertz CT molecular complexity index is 1030. The summed E-state index contributed by atoms with van der Waals surface area (Å²) < 4.78 is 0. The third-order valence-electron chi connectivity index (χ3n) is 5.02. The van der Waals surface area contributed by atoms with Gasteiger partial charge >= 0.3 is 0 Å². The Labute approximate surface area is 164 Å². The van der Waals surface area contributed by atoms with Crippen molar-refractivity contribution in [2.75, 3.05) is 22.1 Å². The highest BCUT2D eigenvalue weighted by atomic mass is 16.2. The van der Waals surface area contributed by atoms with E-state index in [0.29, 0.717) is 6.42 Å². The van der Waals surface area contributed by atoms with Crippen LogP contribution in [-0.2, 0) is 9.59 Å². The molecule has 28 heavy (non-hydrogen) atoms. The van der Waals surface area contributed by atoms with E-state index in [9.17, 15) is 9.59 Å². The third kappa shape index (κ3) is 3.83. The number of anilines is 3. The second-order valence-corrected chi connectivity index (χ2v) is 7.12. The van der Waals surface area contributed by atoms with E-state index in [2.05, 4.69) is 10.6 Å². The van der Waals surface area contributed by atoms with Crippen molar-refractivity contribution in [2.24, 2.45) is 0 Å². The van der Waals surface area contributed by atoms with E-state index in [1.54, 1.807) is 4.90 Å². The lowest BCUT2D eigenvalue weighted by Crippen LogP contribution is -2.32. The maximum Gasteiger partial charge on any atom is 0.246 e. The molecule has 0 aromatic heterocycles. The number of hydrogen-bond acceptors (Lipinski definition) is 3. The Morgan fingerprint density at radius 1 is 0.964 bits per heavy atom. The molecule has 142 valence electrons. The quantitative estimate of drug-likeness (QED) is 0.697. The molecule has 0 bridgehead atoms. The van der Waals surface area contributed by atoms with Crippen molar-refractivity contribution in [1.29, 1.82) is 0 Å². The Hall–Kier alpha value is -3.34. The zero-order valence-electron chi connectivity index (χ0n) is 15.8. The number of rotatable bonds is 5. The van der Waals surface area contributed by atoms with Crippen LogP contribution in [0.1, 0.15) is 19.8 Å². The van der Waals surface area contributed by atoms with Gasteiger partial charge in [0.05, 0.1) is 0 Å². The van der Waals surface area contributed by atoms with Gasteiger partial charge in [0.1, 0.15) is 6.04 Å². The fourth-order valence-corrected chi connectivity index (χ4v) is 3.52. The second-order valence-electron chi connectivity index (χ2n) is 7.12. The van der Waals surface area contributed by atoms with Gasteiger partial charge in [-0.2, -0.15) is 0 Å². The molecule has 1 fully saturated rings. The number of carbonyl (C=O) groups excluding carboxylic acids is 2. The van der Waals surface area contributed by atoms with E-state index in [0.717, 1.165) is 40.8 Å². The van der Waals surface area contributed by atoms with E-state index in [1.807, 2.05) is 73.7 Å². The van der Waals surface area contributed by atoms with E-state index < -0.39 is 6.04 Å². The number of carbonyl (C=O) groups is 2. The van der Waals surface area contributed by atoms with Crippen LogP contribution in [0.3, 0.4) is 0 Å². The molecule has 0 spiro atoms. The molecule has 4 rings (SSSR count). The van der Waals surface area contributed by atoms with E-state index in [-0.39, 0.29) is 11.8 Å². The third-order valence-corrected chi connectivity index (χ3v) is 5.02. The van der Waals surface area contributed by atoms with Crippen LogP contribution < -0.4 is 15.5 Å². The molecule has 1 aliphatic heterocycles. The first-order valence-electron chi connectivity index (χ1n) is 9.57. The van der Waals surface area contributed by atoms with Gasteiger partial charge in [-0.05, 0) is 54.4 Å². The monoisotopic (exact) mass is 373 g/mol. The first-order chi connectivity index (χ1) is 13.6. The van der Waals surface area contributed by atoms with Crippen LogP contribution in [0.15, 0.2) is 66.7 Å². The predicted octanol–water partition coefficient (Wildman–Crippen LogP) is 4.41. The van der Waals surface area contributed by atoms with Crippen molar-refractivity contribution < 1.29 is 9.59 Å². The summed E-state index contributed by atoms with van der Waals surface area (Å²) in [4.78, 5) is 26.4. The first-order valence-corrected chi connectivity index (χ1v) is 9.57. The van der Waals surface area contributed by atoms with Crippen molar-refractivity contribution in [2.45, 2.75) is 25.8 Å². The SMILES string of the molecule is C[C@@H](Nc1cccc(N2CCCC2=O)c1)C(=O)Nc1ccc2ccccc2c1. The highest BCUT2D eigenvalue weighted by Crippen LogP contribution is 2.25. The standard InChI is InChI=1S/C23H23N3O2/c1-16(23(28)25-20-12-11-17-6-2-3-7-18(17)14-20)24-19-8-4-9-21(15-19)26-13-5-10-22(26)27/h2-4,6-9,11-12,14-16,24H,5,10,13H2,1H3,(H,25,28)/t16-/m1/s1. The fourth-order valence-electron chi connectivity index (χ4n) is 3.52. The predicted molar refractivity (Wildman–Crippen MR) is 114 cm³/mol. The molecule has 0 saturated carbocycles. The van der Waals surface area contributed by atoms with Gasteiger partial charge in [-0.1, -0.05) is 36.4 Å². The Kier molecular flexibility index (Phi) is 4.98. The number of nitrogens with zero attached hydrogens (tertiary/aromatic N) is 1. The lowest BCUT2D eigenvalue weighted by atomic mass is 10.1. The van der Waals surface area contributed by atoms with Crippen molar-refractivity contribution in [3.05, 3.63) is 66.7 Å². The molecule has 1 saturated heterocycles. The summed E-state index contributed by atoms with van der Waals surface area (Å²) in [7, 11) is 0. The molecule has 0 aliphatic carbocycles. The molecular weight excluding hydrogens is 350 g/mol. The average molecular weight is 373 g/mol. The van der Waals surface area contributed by atoms with Crippen molar-refractivity contribution in [3.63, 3.8) is 0 Å². The van der Waals surface area contributed by atoms with Crippen LogP contribution in [0.5, 0.6) is 0 Å². The molecule has 5 heteroatoms. The molecule has 1 heterocycles. The van der Waals surface area contributed by atoms with Gasteiger partial charge in [0.25, 0.3) is 0 Å². The van der Waals surface area contributed by atoms with Gasteiger partial charge in [-0.15, -0.1) is 0 Å². The largest absolute Gasteiger partial charge is 0.374 e. The second kappa shape index (κ2) is 7.72. The van der Waals surface area contributed by atoms with Gasteiger partial charge in [0.2, 0.25) is 11.8 Å². The van der Waals surface area contributed by atoms with Crippen LogP contribution in [0, 0.1) is 0 Å². The highest BCUT2D eigenvalue weighted by molar-refractivity contribution is 5.99. The summed E-state index contributed by atoms with van der Waals surface area (Å²) in [5.41, 5.74) is 2.46. The van der Waals surface area contributed by atoms with Crippen molar-refractivity contribution in [1.82, 2.24) is 0 Å². The van der Waals surface area contributed by atoms with Crippen LogP contribution in [0.2, 0.25) is 0 Å². The fraction of sp³-hybridized carbons (Fsp3) is 0.217. The zero-order chi connectivity index (χ0) is 19.5. The van der Waals surface area contributed by atoms with Gasteiger partial charge in [-0.25, -0.2) is 0 Å². The lowest BCUT2D eigenvalue weighted by Gasteiger charge is -2.19. The minimum absolute atomic E-state index is 0.113. The summed E-state index contributed by atoms with van der Waals surface area (Å²) in [6.07, 6.45) is 1.49. The first kappa shape index (κ1) is 18.0. The Morgan fingerprint density at radius 3 is 2.57 bits per heavy atom. The maximum absolute atomic E-state index is 12.6. The number of amides is 2.